The van der Waals surface area contributed by atoms with E-state index in [1.54, 1.807) is 48.5 Å². The molecule has 0 atom stereocenters. The molecular formula is C30H17Cl2NO3. The number of hydrogen-bond donors (Lipinski definition) is 0. The maximum Gasteiger partial charge on any atom is 0.205 e. The van der Waals surface area contributed by atoms with E-state index in [1.165, 1.54) is 6.08 Å². The van der Waals surface area contributed by atoms with Crippen molar-refractivity contribution in [3.8, 4) is 0 Å². The lowest BCUT2D eigenvalue weighted by Gasteiger charge is -2.22. The Labute approximate surface area is 217 Å². The summed E-state index contributed by atoms with van der Waals surface area (Å²) in [5.41, 5.74) is 2.57. The van der Waals surface area contributed by atoms with Gasteiger partial charge in [0.15, 0.2) is 11.6 Å². The van der Waals surface area contributed by atoms with Crippen LogP contribution in [0, 0.1) is 0 Å². The van der Waals surface area contributed by atoms with Crippen molar-refractivity contribution in [3.63, 3.8) is 0 Å². The van der Waals surface area contributed by atoms with Crippen LogP contribution in [0.3, 0.4) is 0 Å². The number of ketones is 2. The first kappa shape index (κ1) is 22.4. The monoisotopic (exact) mass is 509 g/mol. The molecule has 0 unspecified atom stereocenters. The van der Waals surface area contributed by atoms with Crippen LogP contribution in [0.15, 0.2) is 107 Å². The maximum atomic E-state index is 13.1. The molecule has 36 heavy (non-hydrogen) atoms. The largest absolute Gasteiger partial charge is 0.440 e. The fraction of sp³-hybridized carbons (Fsp3) is 0. The summed E-state index contributed by atoms with van der Waals surface area (Å²) >= 11 is 12.2. The minimum absolute atomic E-state index is 0.0886. The fourth-order valence-electron chi connectivity index (χ4n) is 4.41. The molecule has 1 heterocycles. The minimum Gasteiger partial charge on any atom is -0.440 e. The summed E-state index contributed by atoms with van der Waals surface area (Å²) in [7, 11) is 0. The normalized spacial score (nSPS) is 12.8. The number of fused-ring (bicyclic) bond motifs is 2. The molecular weight excluding hydrogens is 493 g/mol. The number of rotatable bonds is 4. The molecule has 0 fully saturated rings. The van der Waals surface area contributed by atoms with Crippen molar-refractivity contribution < 1.29 is 14.0 Å². The third-order valence-electron chi connectivity index (χ3n) is 6.15. The second-order valence-electron chi connectivity index (χ2n) is 8.43. The summed E-state index contributed by atoms with van der Waals surface area (Å²) < 4.78 is 6.13. The van der Waals surface area contributed by atoms with Crippen LogP contribution in [-0.4, -0.2) is 11.6 Å². The number of carbonyl (C=O) groups is 2. The quantitative estimate of drug-likeness (QED) is 0.179. The zero-order chi connectivity index (χ0) is 24.8. The van der Waals surface area contributed by atoms with Gasteiger partial charge in [0.25, 0.3) is 0 Å². The maximum absolute atomic E-state index is 13.1. The van der Waals surface area contributed by atoms with E-state index in [1.807, 2.05) is 53.4 Å². The third-order valence-corrected chi connectivity index (χ3v) is 6.66. The smallest absolute Gasteiger partial charge is 0.205 e. The molecule has 5 aromatic rings. The van der Waals surface area contributed by atoms with Crippen LogP contribution in [0.2, 0.25) is 10.0 Å². The van der Waals surface area contributed by atoms with Crippen LogP contribution >= 0.6 is 23.2 Å². The molecule has 174 valence electrons. The van der Waals surface area contributed by atoms with Crippen molar-refractivity contribution in [2.75, 3.05) is 4.90 Å². The van der Waals surface area contributed by atoms with Gasteiger partial charge in [-0.05, 0) is 83.6 Å². The highest BCUT2D eigenvalue weighted by Gasteiger charge is 2.33. The van der Waals surface area contributed by atoms with Crippen LogP contribution in [0.25, 0.3) is 16.8 Å². The van der Waals surface area contributed by atoms with Crippen molar-refractivity contribution in [1.82, 2.24) is 0 Å². The average Bonchev–Trinajstić information content (AvgIpc) is 3.44. The summed E-state index contributed by atoms with van der Waals surface area (Å²) in [6.07, 6.45) is 1.51. The second-order valence-corrected chi connectivity index (χ2v) is 9.30. The van der Waals surface area contributed by atoms with Gasteiger partial charge >= 0.3 is 0 Å². The highest BCUT2D eigenvalue weighted by molar-refractivity contribution is 6.42. The first-order valence-corrected chi connectivity index (χ1v) is 12.0. The number of allylic oxidation sites excluding steroid dienone is 1. The van der Waals surface area contributed by atoms with E-state index in [-0.39, 0.29) is 17.1 Å². The van der Waals surface area contributed by atoms with Gasteiger partial charge in [-0.25, -0.2) is 0 Å². The van der Waals surface area contributed by atoms with Crippen LogP contribution in [0.1, 0.15) is 26.5 Å². The van der Waals surface area contributed by atoms with E-state index in [2.05, 4.69) is 0 Å². The molecule has 4 aromatic carbocycles. The zero-order valence-electron chi connectivity index (χ0n) is 18.7. The number of benzene rings is 4. The van der Waals surface area contributed by atoms with Gasteiger partial charge in [-0.2, -0.15) is 0 Å². The molecule has 0 amide bonds. The van der Waals surface area contributed by atoms with Gasteiger partial charge in [0.05, 0.1) is 5.57 Å². The van der Waals surface area contributed by atoms with Crippen LogP contribution in [-0.2, 0) is 0 Å². The molecule has 6 rings (SSSR count). The minimum atomic E-state index is -0.300. The Morgan fingerprint density at radius 2 is 1.14 bits per heavy atom. The summed E-state index contributed by atoms with van der Waals surface area (Å²) in [4.78, 5) is 28.2. The average molecular weight is 510 g/mol. The molecule has 0 aliphatic heterocycles. The molecule has 0 bridgehead atoms. The highest BCUT2D eigenvalue weighted by Crippen LogP contribution is 2.38. The molecule has 0 N–H and O–H groups in total. The second kappa shape index (κ2) is 8.83. The molecule has 0 saturated carbocycles. The van der Waals surface area contributed by atoms with Crippen LogP contribution in [0.4, 0.5) is 17.3 Å². The van der Waals surface area contributed by atoms with E-state index < -0.39 is 0 Å². The molecule has 0 saturated heterocycles. The van der Waals surface area contributed by atoms with E-state index in [0.29, 0.717) is 32.8 Å². The van der Waals surface area contributed by atoms with E-state index in [0.717, 1.165) is 22.1 Å². The SMILES string of the molecule is O=C1C(=Cc2ccc(N(c3ccc(Cl)cc3)c3ccc(Cl)cc3)o2)C(=O)c2cc3ccccc3cc21. The number of furan rings is 1. The Bertz CT molecular complexity index is 1580. The predicted molar refractivity (Wildman–Crippen MR) is 144 cm³/mol. The van der Waals surface area contributed by atoms with Gasteiger partial charge in [0.2, 0.25) is 5.88 Å². The van der Waals surface area contributed by atoms with Gasteiger partial charge in [-0.1, -0.05) is 47.5 Å². The van der Waals surface area contributed by atoms with Crippen molar-refractivity contribution in [1.29, 1.82) is 0 Å². The summed E-state index contributed by atoms with van der Waals surface area (Å²) in [6.45, 7) is 0. The van der Waals surface area contributed by atoms with Gasteiger partial charge in [-0.3, -0.25) is 14.5 Å². The standard InChI is InChI=1S/C30H17Cl2NO3/c31-20-5-9-22(10-6-20)33(23-11-7-21(32)8-12-23)28-14-13-24(36-28)17-27-29(34)25-15-18-3-1-2-4-19(18)16-26(25)30(27)35/h1-17H. The first-order valence-electron chi connectivity index (χ1n) is 11.2. The predicted octanol–water partition coefficient (Wildman–Crippen LogP) is 8.67. The van der Waals surface area contributed by atoms with Crippen molar-refractivity contribution in [2.24, 2.45) is 0 Å². The number of Topliss-reactive ketones (excluding diaryl/α,β-unsaturated/α-hetero) is 2. The van der Waals surface area contributed by atoms with Gasteiger partial charge in [0.1, 0.15) is 5.76 Å². The van der Waals surface area contributed by atoms with E-state index >= 15 is 0 Å². The first-order chi connectivity index (χ1) is 17.5. The number of anilines is 3. The van der Waals surface area contributed by atoms with Crippen molar-refractivity contribution >= 4 is 68.9 Å². The Hall–Kier alpha value is -4.12. The lowest BCUT2D eigenvalue weighted by molar-refractivity contribution is 0.0990. The van der Waals surface area contributed by atoms with Gasteiger partial charge in [-0.15, -0.1) is 0 Å². The number of nitrogens with zero attached hydrogens (tertiary/aromatic N) is 1. The molecule has 6 heteroatoms. The topological polar surface area (TPSA) is 50.5 Å². The Morgan fingerprint density at radius 3 is 1.64 bits per heavy atom. The lowest BCUT2D eigenvalue weighted by Crippen LogP contribution is -2.08. The van der Waals surface area contributed by atoms with Crippen molar-refractivity contribution in [2.45, 2.75) is 0 Å². The Morgan fingerprint density at radius 1 is 0.639 bits per heavy atom. The molecule has 4 nitrogen and oxygen atoms in total. The van der Waals surface area contributed by atoms with Crippen LogP contribution in [0.5, 0.6) is 0 Å². The number of hydrogen-bond acceptors (Lipinski definition) is 4. The summed E-state index contributed by atoms with van der Waals surface area (Å²) in [5.74, 6) is 0.302. The number of halogens is 2. The van der Waals surface area contributed by atoms with Crippen molar-refractivity contribution in [3.05, 3.63) is 130 Å². The summed E-state index contributed by atoms with van der Waals surface area (Å²) in [6, 6.07) is 29.4. The van der Waals surface area contributed by atoms with Gasteiger partial charge in [0, 0.05) is 38.6 Å². The molecule has 1 aliphatic carbocycles. The summed E-state index contributed by atoms with van der Waals surface area (Å²) in [5, 5.41) is 3.07. The Kier molecular flexibility index (Phi) is 5.48. The van der Waals surface area contributed by atoms with Gasteiger partial charge < -0.3 is 4.42 Å². The molecule has 1 aliphatic rings. The van der Waals surface area contributed by atoms with E-state index in [4.69, 9.17) is 27.6 Å². The highest BCUT2D eigenvalue weighted by atomic mass is 35.5. The van der Waals surface area contributed by atoms with E-state index in [9.17, 15) is 9.59 Å². The fourth-order valence-corrected chi connectivity index (χ4v) is 4.66. The molecule has 1 aromatic heterocycles. The van der Waals surface area contributed by atoms with Crippen LogP contribution < -0.4 is 4.90 Å². The number of carbonyl (C=O) groups excluding carboxylic acids is 2. The third kappa shape index (κ3) is 3.91. The molecule has 0 radical (unpaired) electrons. The Balaban J connectivity index is 1.39. The molecule has 0 spiro atoms. The lowest BCUT2D eigenvalue weighted by atomic mass is 10.0. The zero-order valence-corrected chi connectivity index (χ0v) is 20.3.